The summed E-state index contributed by atoms with van der Waals surface area (Å²) in [6.45, 7) is 1.76. The Morgan fingerprint density at radius 3 is 2.68 bits per heavy atom. The Balaban J connectivity index is 1.50. The second-order valence-electron chi connectivity index (χ2n) is 6.85. The number of likely N-dealkylation sites (tertiary alicyclic amines) is 1. The van der Waals surface area contributed by atoms with Gasteiger partial charge in [-0.2, -0.15) is 0 Å². The summed E-state index contributed by atoms with van der Waals surface area (Å²) in [5, 5.41) is 0. The molecule has 1 atom stereocenters. The van der Waals surface area contributed by atoms with Crippen LogP contribution in [0.5, 0.6) is 0 Å². The minimum Gasteiger partial charge on any atom is -0.338 e. The number of pyridine rings is 1. The van der Waals surface area contributed by atoms with E-state index in [4.69, 9.17) is 0 Å². The molecule has 0 saturated carbocycles. The van der Waals surface area contributed by atoms with Crippen molar-refractivity contribution in [3.8, 4) is 0 Å². The van der Waals surface area contributed by atoms with Crippen molar-refractivity contribution in [2.45, 2.75) is 12.8 Å². The molecule has 0 aliphatic carbocycles. The average Bonchev–Trinajstić information content (AvgIpc) is 3.19. The number of carbonyl (C=O) groups is 2. The second kappa shape index (κ2) is 5.95. The fourth-order valence-corrected chi connectivity index (χ4v) is 3.81. The molecule has 0 unspecified atom stereocenters. The number of benzene rings is 1. The first kappa shape index (κ1) is 15.7. The van der Waals surface area contributed by atoms with E-state index in [2.05, 4.69) is 4.98 Å². The monoisotopic (exact) mass is 339 g/mol. The van der Waals surface area contributed by atoms with Crippen LogP contribution in [-0.4, -0.2) is 41.3 Å². The zero-order chi connectivity index (χ0) is 17.4. The van der Waals surface area contributed by atoms with Gasteiger partial charge in [0, 0.05) is 49.6 Å². The quantitative estimate of drug-likeness (QED) is 0.845. The van der Waals surface area contributed by atoms with Gasteiger partial charge in [0.1, 0.15) is 5.82 Å². The Morgan fingerprint density at radius 1 is 1.16 bits per heavy atom. The van der Waals surface area contributed by atoms with Crippen LogP contribution in [0.25, 0.3) is 0 Å². The lowest BCUT2D eigenvalue weighted by Gasteiger charge is -2.24. The van der Waals surface area contributed by atoms with Gasteiger partial charge in [-0.05, 0) is 42.8 Å². The van der Waals surface area contributed by atoms with Crippen molar-refractivity contribution in [3.05, 3.63) is 60.2 Å². The van der Waals surface area contributed by atoms with Crippen LogP contribution >= 0.6 is 0 Å². The van der Waals surface area contributed by atoms with Gasteiger partial charge in [0.2, 0.25) is 5.91 Å². The van der Waals surface area contributed by atoms with E-state index < -0.39 is 0 Å². The van der Waals surface area contributed by atoms with Crippen LogP contribution in [0.15, 0.2) is 48.8 Å². The molecule has 2 saturated heterocycles. The van der Waals surface area contributed by atoms with E-state index in [-0.39, 0.29) is 23.0 Å². The standard InChI is InChI=1S/C19H18FN3O2/c20-15-3-5-16(6-4-15)23-13-19(10-17(23)24)7-9-22(12-19)18(25)14-2-1-8-21-11-14/h1-6,8,11H,7,9-10,12-13H2/t19-/m1/s1. The Morgan fingerprint density at radius 2 is 1.96 bits per heavy atom. The molecule has 1 spiro atoms. The SMILES string of the molecule is O=C(c1cccnc1)N1CC[C@@]2(CC(=O)N(c3ccc(F)cc3)C2)C1. The molecular weight excluding hydrogens is 321 g/mol. The topological polar surface area (TPSA) is 53.5 Å². The first-order valence-corrected chi connectivity index (χ1v) is 8.32. The van der Waals surface area contributed by atoms with E-state index in [1.807, 2.05) is 0 Å². The van der Waals surface area contributed by atoms with Gasteiger partial charge in [0.25, 0.3) is 5.91 Å². The van der Waals surface area contributed by atoms with Crippen LogP contribution in [0.1, 0.15) is 23.2 Å². The summed E-state index contributed by atoms with van der Waals surface area (Å²) in [6, 6.07) is 9.47. The average molecular weight is 339 g/mol. The smallest absolute Gasteiger partial charge is 0.255 e. The molecule has 2 amide bonds. The first-order chi connectivity index (χ1) is 12.1. The molecule has 6 heteroatoms. The number of halogens is 1. The number of carbonyl (C=O) groups excluding carboxylic acids is 2. The highest BCUT2D eigenvalue weighted by Crippen LogP contribution is 2.42. The van der Waals surface area contributed by atoms with E-state index >= 15 is 0 Å². The Kier molecular flexibility index (Phi) is 3.75. The van der Waals surface area contributed by atoms with E-state index in [1.165, 1.54) is 12.1 Å². The highest BCUT2D eigenvalue weighted by atomic mass is 19.1. The number of anilines is 1. The molecule has 4 rings (SSSR count). The summed E-state index contributed by atoms with van der Waals surface area (Å²) in [7, 11) is 0. The Hall–Kier alpha value is -2.76. The molecular formula is C19H18FN3O2. The first-order valence-electron chi connectivity index (χ1n) is 8.32. The lowest BCUT2D eigenvalue weighted by molar-refractivity contribution is -0.117. The van der Waals surface area contributed by atoms with E-state index in [1.54, 1.807) is 46.5 Å². The van der Waals surface area contributed by atoms with E-state index in [9.17, 15) is 14.0 Å². The van der Waals surface area contributed by atoms with Crippen LogP contribution in [-0.2, 0) is 4.79 Å². The number of nitrogens with zero attached hydrogens (tertiary/aromatic N) is 3. The van der Waals surface area contributed by atoms with Gasteiger partial charge in [0.05, 0.1) is 5.56 Å². The summed E-state index contributed by atoms with van der Waals surface area (Å²) >= 11 is 0. The third kappa shape index (κ3) is 2.88. The van der Waals surface area contributed by atoms with Crippen molar-refractivity contribution < 1.29 is 14.0 Å². The molecule has 2 fully saturated rings. The third-order valence-electron chi connectivity index (χ3n) is 5.09. The van der Waals surface area contributed by atoms with Gasteiger partial charge in [-0.25, -0.2) is 4.39 Å². The normalized spacial score (nSPS) is 22.8. The van der Waals surface area contributed by atoms with Gasteiger partial charge in [-0.3, -0.25) is 14.6 Å². The van der Waals surface area contributed by atoms with Gasteiger partial charge in [0.15, 0.2) is 0 Å². The summed E-state index contributed by atoms with van der Waals surface area (Å²) in [4.78, 5) is 32.6. The molecule has 2 aromatic rings. The maximum absolute atomic E-state index is 13.1. The lowest BCUT2D eigenvalue weighted by Crippen LogP contribution is -2.34. The van der Waals surface area contributed by atoms with Gasteiger partial charge >= 0.3 is 0 Å². The summed E-state index contributed by atoms with van der Waals surface area (Å²) < 4.78 is 13.1. The van der Waals surface area contributed by atoms with Crippen LogP contribution in [0, 0.1) is 11.2 Å². The molecule has 25 heavy (non-hydrogen) atoms. The number of hydrogen-bond donors (Lipinski definition) is 0. The van der Waals surface area contributed by atoms with Crippen LogP contribution in [0.4, 0.5) is 10.1 Å². The maximum Gasteiger partial charge on any atom is 0.255 e. The van der Waals surface area contributed by atoms with Crippen molar-refractivity contribution in [3.63, 3.8) is 0 Å². The molecule has 128 valence electrons. The van der Waals surface area contributed by atoms with Gasteiger partial charge in [-0.15, -0.1) is 0 Å². The largest absolute Gasteiger partial charge is 0.338 e. The van der Waals surface area contributed by atoms with E-state index in [0.29, 0.717) is 37.3 Å². The highest BCUT2D eigenvalue weighted by molar-refractivity contribution is 5.97. The van der Waals surface area contributed by atoms with Gasteiger partial charge in [-0.1, -0.05) is 0 Å². The predicted octanol–water partition coefficient (Wildman–Crippen LogP) is 2.49. The molecule has 5 nitrogen and oxygen atoms in total. The second-order valence-corrected chi connectivity index (χ2v) is 6.85. The summed E-state index contributed by atoms with van der Waals surface area (Å²) in [6.07, 6.45) is 4.42. The summed E-state index contributed by atoms with van der Waals surface area (Å²) in [5.74, 6) is -0.334. The van der Waals surface area contributed by atoms with Crippen molar-refractivity contribution in [2.75, 3.05) is 24.5 Å². The van der Waals surface area contributed by atoms with Crippen LogP contribution in [0.2, 0.25) is 0 Å². The van der Waals surface area contributed by atoms with Crippen molar-refractivity contribution in [1.82, 2.24) is 9.88 Å². The molecule has 2 aliphatic rings. The van der Waals surface area contributed by atoms with E-state index in [0.717, 1.165) is 6.42 Å². The molecule has 0 N–H and O–H groups in total. The zero-order valence-corrected chi connectivity index (χ0v) is 13.7. The molecule has 1 aromatic carbocycles. The minimum atomic E-state index is -0.320. The molecule has 2 aliphatic heterocycles. The molecule has 0 radical (unpaired) electrons. The lowest BCUT2D eigenvalue weighted by atomic mass is 9.86. The van der Waals surface area contributed by atoms with Crippen LogP contribution in [0.3, 0.4) is 0 Å². The highest BCUT2D eigenvalue weighted by Gasteiger charge is 2.48. The van der Waals surface area contributed by atoms with Crippen molar-refractivity contribution >= 4 is 17.5 Å². The molecule has 0 bridgehead atoms. The number of rotatable bonds is 2. The fourth-order valence-electron chi connectivity index (χ4n) is 3.81. The predicted molar refractivity (Wildman–Crippen MR) is 90.6 cm³/mol. The fraction of sp³-hybridized carbons (Fsp3) is 0.316. The zero-order valence-electron chi connectivity index (χ0n) is 13.7. The molecule has 3 heterocycles. The Bertz CT molecular complexity index is 809. The summed E-state index contributed by atoms with van der Waals surface area (Å²) in [5.41, 5.74) is 1.06. The van der Waals surface area contributed by atoms with Crippen molar-refractivity contribution in [2.24, 2.45) is 5.41 Å². The Labute approximate surface area is 145 Å². The van der Waals surface area contributed by atoms with Gasteiger partial charge < -0.3 is 9.80 Å². The number of hydrogen-bond acceptors (Lipinski definition) is 3. The molecule has 1 aromatic heterocycles. The third-order valence-corrected chi connectivity index (χ3v) is 5.09. The minimum absolute atomic E-state index is 0.0299. The number of amides is 2. The van der Waals surface area contributed by atoms with Crippen molar-refractivity contribution in [1.29, 1.82) is 0 Å². The van der Waals surface area contributed by atoms with Crippen LogP contribution < -0.4 is 4.90 Å². The maximum atomic E-state index is 13.1. The number of aromatic nitrogens is 1.